The number of hydrogen-bond donors (Lipinski definition) is 0. The van der Waals surface area contributed by atoms with E-state index < -0.39 is 21.6 Å². The molecule has 1 aromatic heterocycles. The highest BCUT2D eigenvalue weighted by atomic mass is 79.9. The minimum absolute atomic E-state index is 0.0836. The molecule has 0 aliphatic carbocycles. The summed E-state index contributed by atoms with van der Waals surface area (Å²) in [6, 6.07) is 14.9. The summed E-state index contributed by atoms with van der Waals surface area (Å²) >= 11 is 3.35. The molecule has 2 heterocycles. The summed E-state index contributed by atoms with van der Waals surface area (Å²) in [7, 11) is -3.51. The van der Waals surface area contributed by atoms with Gasteiger partial charge in [0.1, 0.15) is 17.8 Å². The molecule has 1 saturated heterocycles. The van der Waals surface area contributed by atoms with Crippen LogP contribution < -0.4 is 5.63 Å². The molecule has 0 atom stereocenters. The lowest BCUT2D eigenvalue weighted by Gasteiger charge is -2.33. The van der Waals surface area contributed by atoms with E-state index >= 15 is 0 Å². The average Bonchev–Trinajstić information content (AvgIpc) is 2.79. The maximum Gasteiger partial charge on any atom is 0.351 e. The zero-order valence-electron chi connectivity index (χ0n) is 17.1. The van der Waals surface area contributed by atoms with Crippen LogP contribution in [0.25, 0.3) is 11.0 Å². The van der Waals surface area contributed by atoms with Crippen LogP contribution in [0.3, 0.4) is 0 Å². The van der Waals surface area contributed by atoms with Crippen LogP contribution in [-0.4, -0.2) is 62.9 Å². The predicted molar refractivity (Wildman–Crippen MR) is 122 cm³/mol. The fourth-order valence-electron chi connectivity index (χ4n) is 3.52. The highest BCUT2D eigenvalue weighted by molar-refractivity contribution is 9.10. The first kappa shape index (κ1) is 22.7. The molecule has 0 bridgehead atoms. The van der Waals surface area contributed by atoms with Crippen LogP contribution in [-0.2, 0) is 14.8 Å². The Bertz CT molecular complexity index is 1280. The normalized spacial score (nSPS) is 15.7. The van der Waals surface area contributed by atoms with Gasteiger partial charge in [0.2, 0.25) is 10.0 Å². The molecule has 1 aliphatic heterocycles. The fraction of sp³-hybridized carbons (Fsp3) is 0.273. The number of ether oxygens (including phenoxy) is 1. The van der Waals surface area contributed by atoms with Crippen molar-refractivity contribution < 1.29 is 22.4 Å². The Balaban J connectivity index is 1.30. The smallest absolute Gasteiger partial charge is 0.351 e. The molecule has 1 fully saturated rings. The Hall–Kier alpha value is -2.53. The van der Waals surface area contributed by atoms with E-state index in [0.29, 0.717) is 43.7 Å². The number of halogens is 1. The van der Waals surface area contributed by atoms with Crippen molar-refractivity contribution in [1.82, 2.24) is 9.21 Å². The molecule has 1 aliphatic rings. The molecular weight excluding hydrogens is 500 g/mol. The second-order valence-corrected chi connectivity index (χ2v) is 10.2. The fourth-order valence-corrected chi connectivity index (χ4v) is 5.34. The Morgan fingerprint density at radius 2 is 1.75 bits per heavy atom. The van der Waals surface area contributed by atoms with E-state index in [1.165, 1.54) is 10.4 Å². The van der Waals surface area contributed by atoms with Gasteiger partial charge in [0.15, 0.2) is 0 Å². The number of benzene rings is 2. The van der Waals surface area contributed by atoms with Gasteiger partial charge >= 0.3 is 11.6 Å². The molecule has 3 aromatic rings. The number of nitrogens with zero attached hydrogens (tertiary/aromatic N) is 2. The van der Waals surface area contributed by atoms with Crippen LogP contribution in [0.1, 0.15) is 10.4 Å². The number of sulfonamides is 1. The Morgan fingerprint density at radius 3 is 2.47 bits per heavy atom. The topological polar surface area (TPSA) is 97.1 Å². The van der Waals surface area contributed by atoms with Crippen LogP contribution in [0.15, 0.2) is 73.2 Å². The molecule has 2 aromatic carbocycles. The zero-order valence-corrected chi connectivity index (χ0v) is 19.5. The van der Waals surface area contributed by atoms with Crippen molar-refractivity contribution in [3.63, 3.8) is 0 Å². The highest BCUT2D eigenvalue weighted by Crippen LogP contribution is 2.20. The van der Waals surface area contributed by atoms with E-state index in [0.717, 1.165) is 4.47 Å². The number of carbonyl (C=O) groups excluding carboxylic acids is 1. The van der Waals surface area contributed by atoms with Crippen LogP contribution >= 0.6 is 15.9 Å². The largest absolute Gasteiger partial charge is 0.461 e. The third kappa shape index (κ3) is 4.93. The highest BCUT2D eigenvalue weighted by Gasteiger charge is 2.28. The third-order valence-electron chi connectivity index (χ3n) is 5.27. The Morgan fingerprint density at radius 1 is 1.03 bits per heavy atom. The maximum atomic E-state index is 12.7. The van der Waals surface area contributed by atoms with Gasteiger partial charge in [-0.1, -0.05) is 34.1 Å². The van der Waals surface area contributed by atoms with E-state index in [9.17, 15) is 18.0 Å². The van der Waals surface area contributed by atoms with Gasteiger partial charge in [0, 0.05) is 42.6 Å². The van der Waals surface area contributed by atoms with Gasteiger partial charge in [-0.15, -0.1) is 0 Å². The molecule has 168 valence electrons. The Kier molecular flexibility index (Phi) is 6.75. The molecular formula is C22H21BrN2O6S. The van der Waals surface area contributed by atoms with Crippen molar-refractivity contribution in [2.75, 3.05) is 39.3 Å². The first-order valence-electron chi connectivity index (χ1n) is 10.0. The van der Waals surface area contributed by atoms with E-state index in [2.05, 4.69) is 15.9 Å². The summed E-state index contributed by atoms with van der Waals surface area (Å²) in [4.78, 5) is 26.8. The lowest BCUT2D eigenvalue weighted by atomic mass is 10.2. The van der Waals surface area contributed by atoms with Crippen LogP contribution in [0.2, 0.25) is 0 Å². The van der Waals surface area contributed by atoms with E-state index in [4.69, 9.17) is 9.15 Å². The van der Waals surface area contributed by atoms with Gasteiger partial charge in [-0.2, -0.15) is 4.31 Å². The molecule has 0 N–H and O–H groups in total. The third-order valence-corrected chi connectivity index (χ3v) is 7.67. The van der Waals surface area contributed by atoms with Gasteiger partial charge in [0.05, 0.1) is 4.90 Å². The number of hydrogen-bond acceptors (Lipinski definition) is 7. The van der Waals surface area contributed by atoms with E-state index in [1.807, 2.05) is 4.90 Å². The van der Waals surface area contributed by atoms with Crippen LogP contribution in [0.4, 0.5) is 0 Å². The number of carbonyl (C=O) groups is 1. The predicted octanol–water partition coefficient (Wildman–Crippen LogP) is 2.72. The van der Waals surface area contributed by atoms with Gasteiger partial charge in [-0.3, -0.25) is 4.90 Å². The first-order chi connectivity index (χ1) is 15.3. The van der Waals surface area contributed by atoms with Gasteiger partial charge < -0.3 is 9.15 Å². The number of rotatable bonds is 6. The molecule has 0 saturated carbocycles. The van der Waals surface area contributed by atoms with E-state index in [1.54, 1.807) is 48.5 Å². The number of esters is 1. The van der Waals surface area contributed by atoms with Crippen molar-refractivity contribution in [2.45, 2.75) is 4.90 Å². The minimum Gasteiger partial charge on any atom is -0.461 e. The molecule has 0 radical (unpaired) electrons. The van der Waals surface area contributed by atoms with Crippen molar-refractivity contribution in [3.8, 4) is 0 Å². The second kappa shape index (κ2) is 9.53. The number of piperazine rings is 1. The summed E-state index contributed by atoms with van der Waals surface area (Å²) in [5.41, 5.74) is -0.517. The summed E-state index contributed by atoms with van der Waals surface area (Å²) in [6.07, 6.45) is 0. The lowest BCUT2D eigenvalue weighted by Crippen LogP contribution is -2.49. The van der Waals surface area contributed by atoms with Crippen LogP contribution in [0, 0.1) is 0 Å². The SMILES string of the molecule is O=C(OCCN1CCN(S(=O)(=O)c2ccccc2)CC1)c1cc2cc(Br)ccc2oc1=O. The van der Waals surface area contributed by atoms with Gasteiger partial charge in [-0.25, -0.2) is 18.0 Å². The molecule has 10 heteroatoms. The summed E-state index contributed by atoms with van der Waals surface area (Å²) in [5, 5.41) is 0.613. The summed E-state index contributed by atoms with van der Waals surface area (Å²) < 4.78 is 38.1. The molecule has 0 spiro atoms. The van der Waals surface area contributed by atoms with Gasteiger partial charge in [-0.05, 0) is 36.4 Å². The van der Waals surface area contributed by atoms with E-state index in [-0.39, 0.29) is 17.1 Å². The quantitative estimate of drug-likeness (QED) is 0.364. The Labute approximate surface area is 193 Å². The molecule has 0 amide bonds. The van der Waals surface area contributed by atoms with Crippen molar-refractivity contribution in [1.29, 1.82) is 0 Å². The van der Waals surface area contributed by atoms with Crippen molar-refractivity contribution >= 4 is 42.9 Å². The molecule has 4 rings (SSSR count). The lowest BCUT2D eigenvalue weighted by molar-refractivity contribution is 0.0440. The number of fused-ring (bicyclic) bond motifs is 1. The zero-order chi connectivity index (χ0) is 22.7. The molecule has 32 heavy (non-hydrogen) atoms. The molecule has 8 nitrogen and oxygen atoms in total. The van der Waals surface area contributed by atoms with Gasteiger partial charge in [0.25, 0.3) is 0 Å². The second-order valence-electron chi connectivity index (χ2n) is 7.32. The summed E-state index contributed by atoms with van der Waals surface area (Å²) in [5.74, 6) is -0.745. The first-order valence-corrected chi connectivity index (χ1v) is 12.3. The van der Waals surface area contributed by atoms with Crippen molar-refractivity contribution in [3.05, 3.63) is 75.1 Å². The standard InChI is InChI=1S/C22H21BrN2O6S/c23-17-6-7-20-16(14-17)15-19(22(27)31-20)21(26)30-13-12-24-8-10-25(11-9-24)32(28,29)18-4-2-1-3-5-18/h1-7,14-15H,8-13H2. The average molecular weight is 521 g/mol. The maximum absolute atomic E-state index is 12.7. The minimum atomic E-state index is -3.51. The molecule has 0 unspecified atom stereocenters. The van der Waals surface area contributed by atoms with Crippen LogP contribution in [0.5, 0.6) is 0 Å². The summed E-state index contributed by atoms with van der Waals surface area (Å²) in [6.45, 7) is 2.28. The monoisotopic (exact) mass is 520 g/mol. The van der Waals surface area contributed by atoms with Crippen molar-refractivity contribution in [2.24, 2.45) is 0 Å².